The second-order valence-electron chi connectivity index (χ2n) is 5.79. The molecule has 0 spiro atoms. The van der Waals surface area contributed by atoms with Crippen LogP contribution in [0.2, 0.25) is 0 Å². The lowest BCUT2D eigenvalue weighted by atomic mass is 9.94. The van der Waals surface area contributed by atoms with E-state index in [1.807, 2.05) is 12.1 Å². The van der Waals surface area contributed by atoms with E-state index >= 15 is 0 Å². The van der Waals surface area contributed by atoms with E-state index in [0.29, 0.717) is 6.04 Å². The molecule has 0 heterocycles. The molecular weight excluding hydrogens is 237 g/mol. The van der Waals surface area contributed by atoms with E-state index in [1.165, 1.54) is 44.1 Å². The second-order valence-corrected chi connectivity index (χ2v) is 5.79. The van der Waals surface area contributed by atoms with Crippen molar-refractivity contribution in [1.29, 1.82) is 0 Å². The summed E-state index contributed by atoms with van der Waals surface area (Å²) in [5.41, 5.74) is 1.23. The van der Waals surface area contributed by atoms with Crippen molar-refractivity contribution in [2.24, 2.45) is 5.92 Å². The van der Waals surface area contributed by atoms with Gasteiger partial charge in [0, 0.05) is 6.04 Å². The van der Waals surface area contributed by atoms with E-state index in [4.69, 9.17) is 0 Å². The van der Waals surface area contributed by atoms with Crippen LogP contribution in [0, 0.1) is 11.7 Å². The largest absolute Gasteiger partial charge is 0.310 e. The summed E-state index contributed by atoms with van der Waals surface area (Å²) in [4.78, 5) is 0. The van der Waals surface area contributed by atoms with Crippen LogP contribution in [0.15, 0.2) is 24.3 Å². The third-order valence-corrected chi connectivity index (χ3v) is 4.25. The van der Waals surface area contributed by atoms with Crippen LogP contribution in [0.5, 0.6) is 0 Å². The molecule has 106 valence electrons. The molecule has 1 aliphatic carbocycles. The van der Waals surface area contributed by atoms with E-state index in [2.05, 4.69) is 12.2 Å². The standard InChI is InChI=1S/C17H26FN/c1-2-13-19-17(12-7-14-5-3-4-6-14)15-8-10-16(18)11-9-15/h8-11,14,17,19H,2-7,12-13H2,1H3. The fourth-order valence-electron chi connectivity index (χ4n) is 3.10. The first-order chi connectivity index (χ1) is 9.29. The van der Waals surface area contributed by atoms with Gasteiger partial charge in [-0.2, -0.15) is 0 Å². The van der Waals surface area contributed by atoms with Crippen molar-refractivity contribution in [1.82, 2.24) is 5.32 Å². The van der Waals surface area contributed by atoms with Crippen LogP contribution in [-0.4, -0.2) is 6.54 Å². The molecule has 1 aromatic rings. The Morgan fingerprint density at radius 1 is 1.21 bits per heavy atom. The highest BCUT2D eigenvalue weighted by molar-refractivity contribution is 5.19. The summed E-state index contributed by atoms with van der Waals surface area (Å²) < 4.78 is 13.0. The molecule has 0 radical (unpaired) electrons. The zero-order valence-corrected chi connectivity index (χ0v) is 12.0. The van der Waals surface area contributed by atoms with Crippen molar-refractivity contribution < 1.29 is 4.39 Å². The van der Waals surface area contributed by atoms with Crippen LogP contribution in [0.4, 0.5) is 4.39 Å². The molecule has 0 amide bonds. The lowest BCUT2D eigenvalue weighted by Crippen LogP contribution is -2.22. The van der Waals surface area contributed by atoms with Crippen molar-refractivity contribution in [2.45, 2.75) is 57.9 Å². The first kappa shape index (κ1) is 14.5. The van der Waals surface area contributed by atoms with Crippen LogP contribution in [0.1, 0.15) is 63.5 Å². The summed E-state index contributed by atoms with van der Waals surface area (Å²) >= 11 is 0. The minimum absolute atomic E-state index is 0.145. The predicted octanol–water partition coefficient (Wildman–Crippen LogP) is 4.84. The highest BCUT2D eigenvalue weighted by Crippen LogP contribution is 2.31. The highest BCUT2D eigenvalue weighted by Gasteiger charge is 2.18. The van der Waals surface area contributed by atoms with E-state index in [9.17, 15) is 4.39 Å². The Balaban J connectivity index is 1.91. The third kappa shape index (κ3) is 4.61. The molecule has 0 aliphatic heterocycles. The average molecular weight is 263 g/mol. The fraction of sp³-hybridized carbons (Fsp3) is 0.647. The Morgan fingerprint density at radius 3 is 2.53 bits per heavy atom. The van der Waals surface area contributed by atoms with Crippen molar-refractivity contribution in [3.8, 4) is 0 Å². The topological polar surface area (TPSA) is 12.0 Å². The van der Waals surface area contributed by atoms with E-state index in [1.54, 1.807) is 12.1 Å². The van der Waals surface area contributed by atoms with Gasteiger partial charge >= 0.3 is 0 Å². The molecule has 19 heavy (non-hydrogen) atoms. The maximum absolute atomic E-state index is 13.0. The molecule has 1 fully saturated rings. The molecule has 1 N–H and O–H groups in total. The molecule has 0 aromatic heterocycles. The zero-order valence-electron chi connectivity index (χ0n) is 12.0. The number of benzene rings is 1. The van der Waals surface area contributed by atoms with Gasteiger partial charge in [-0.3, -0.25) is 0 Å². The van der Waals surface area contributed by atoms with Gasteiger partial charge in [0.1, 0.15) is 5.82 Å². The molecule has 0 bridgehead atoms. The molecule has 1 nitrogen and oxygen atoms in total. The Labute approximate surface area is 116 Å². The van der Waals surface area contributed by atoms with Gasteiger partial charge in [0.2, 0.25) is 0 Å². The van der Waals surface area contributed by atoms with Crippen LogP contribution >= 0.6 is 0 Å². The van der Waals surface area contributed by atoms with E-state index < -0.39 is 0 Å². The first-order valence-corrected chi connectivity index (χ1v) is 7.78. The van der Waals surface area contributed by atoms with Gasteiger partial charge < -0.3 is 5.32 Å². The zero-order chi connectivity index (χ0) is 13.5. The Morgan fingerprint density at radius 2 is 1.89 bits per heavy atom. The molecule has 1 atom stereocenters. The van der Waals surface area contributed by atoms with Crippen molar-refractivity contribution >= 4 is 0 Å². The SMILES string of the molecule is CCCNC(CCC1CCCC1)c1ccc(F)cc1. The quantitative estimate of drug-likeness (QED) is 0.742. The lowest BCUT2D eigenvalue weighted by Gasteiger charge is -2.21. The summed E-state index contributed by atoms with van der Waals surface area (Å²) in [5.74, 6) is 0.778. The Kier molecular flexibility index (Phi) is 5.84. The van der Waals surface area contributed by atoms with Crippen molar-refractivity contribution in [2.75, 3.05) is 6.54 Å². The predicted molar refractivity (Wildman–Crippen MR) is 78.6 cm³/mol. The van der Waals surface area contributed by atoms with Gasteiger partial charge in [0.15, 0.2) is 0 Å². The Hall–Kier alpha value is -0.890. The van der Waals surface area contributed by atoms with Crippen LogP contribution in [0.25, 0.3) is 0 Å². The van der Waals surface area contributed by atoms with Gasteiger partial charge in [-0.25, -0.2) is 4.39 Å². The first-order valence-electron chi connectivity index (χ1n) is 7.78. The normalized spacial score (nSPS) is 17.8. The van der Waals surface area contributed by atoms with Crippen LogP contribution in [0.3, 0.4) is 0 Å². The molecule has 0 saturated heterocycles. The fourth-order valence-corrected chi connectivity index (χ4v) is 3.10. The van der Waals surface area contributed by atoms with Gasteiger partial charge in [0.25, 0.3) is 0 Å². The molecule has 1 unspecified atom stereocenters. The maximum atomic E-state index is 13.0. The molecule has 1 aliphatic rings. The summed E-state index contributed by atoms with van der Waals surface area (Å²) in [7, 11) is 0. The summed E-state index contributed by atoms with van der Waals surface area (Å²) in [5, 5.41) is 3.61. The number of nitrogens with one attached hydrogen (secondary N) is 1. The second kappa shape index (κ2) is 7.64. The molecule has 1 aromatic carbocycles. The van der Waals surface area contributed by atoms with E-state index in [-0.39, 0.29) is 5.82 Å². The number of hydrogen-bond acceptors (Lipinski definition) is 1. The molecule has 2 rings (SSSR count). The number of halogens is 1. The molecule has 1 saturated carbocycles. The smallest absolute Gasteiger partial charge is 0.123 e. The minimum atomic E-state index is -0.145. The third-order valence-electron chi connectivity index (χ3n) is 4.25. The minimum Gasteiger partial charge on any atom is -0.310 e. The Bertz CT molecular complexity index is 354. The number of rotatable bonds is 7. The number of hydrogen-bond donors (Lipinski definition) is 1. The van der Waals surface area contributed by atoms with Crippen molar-refractivity contribution in [3.63, 3.8) is 0 Å². The van der Waals surface area contributed by atoms with Gasteiger partial charge in [0.05, 0.1) is 0 Å². The van der Waals surface area contributed by atoms with Gasteiger partial charge in [-0.1, -0.05) is 44.7 Å². The molecular formula is C17H26FN. The lowest BCUT2D eigenvalue weighted by molar-refractivity contribution is 0.411. The van der Waals surface area contributed by atoms with Crippen molar-refractivity contribution in [3.05, 3.63) is 35.6 Å². The highest BCUT2D eigenvalue weighted by atomic mass is 19.1. The van der Waals surface area contributed by atoms with Gasteiger partial charge in [-0.05, 0) is 49.4 Å². The average Bonchev–Trinajstić information content (AvgIpc) is 2.93. The summed E-state index contributed by atoms with van der Waals surface area (Å²) in [6, 6.07) is 7.40. The van der Waals surface area contributed by atoms with Gasteiger partial charge in [-0.15, -0.1) is 0 Å². The maximum Gasteiger partial charge on any atom is 0.123 e. The molecule has 2 heteroatoms. The van der Waals surface area contributed by atoms with Crippen LogP contribution < -0.4 is 5.32 Å². The monoisotopic (exact) mass is 263 g/mol. The summed E-state index contributed by atoms with van der Waals surface area (Å²) in [6.45, 7) is 3.22. The summed E-state index contributed by atoms with van der Waals surface area (Å²) in [6.07, 6.45) is 9.26. The van der Waals surface area contributed by atoms with Crippen LogP contribution in [-0.2, 0) is 0 Å². The van der Waals surface area contributed by atoms with E-state index in [0.717, 1.165) is 18.9 Å².